The summed E-state index contributed by atoms with van der Waals surface area (Å²) in [5.74, 6) is 0.693. The Morgan fingerprint density at radius 1 is 1.07 bits per heavy atom. The summed E-state index contributed by atoms with van der Waals surface area (Å²) in [6, 6.07) is 17.2. The summed E-state index contributed by atoms with van der Waals surface area (Å²) in [6.45, 7) is 1.22. The molecule has 2 aliphatic heterocycles. The number of carbonyl (C=O) groups excluding carboxylic acids is 2. The molecule has 0 radical (unpaired) electrons. The predicted molar refractivity (Wildman–Crippen MR) is 161 cm³/mol. The number of benzene rings is 3. The lowest BCUT2D eigenvalue weighted by atomic mass is 10.00. The van der Waals surface area contributed by atoms with Crippen LogP contribution < -0.4 is 14.8 Å². The van der Waals surface area contributed by atoms with Gasteiger partial charge >= 0.3 is 6.18 Å². The highest BCUT2D eigenvalue weighted by Gasteiger charge is 2.34. The van der Waals surface area contributed by atoms with Gasteiger partial charge in [-0.3, -0.25) is 9.59 Å². The highest BCUT2D eigenvalue weighted by molar-refractivity contribution is 7.18. The first-order valence-electron chi connectivity index (χ1n) is 14.4. The predicted octanol–water partition coefficient (Wildman–Crippen LogP) is 6.86. The first-order chi connectivity index (χ1) is 21.2. The summed E-state index contributed by atoms with van der Waals surface area (Å²) in [5, 5.41) is 3.49. The number of carbonyl (C=O) groups is 2. The summed E-state index contributed by atoms with van der Waals surface area (Å²) in [7, 11) is 1.54. The molecule has 3 heterocycles. The average Bonchev–Trinajstić information content (AvgIpc) is 3.71. The van der Waals surface area contributed by atoms with Gasteiger partial charge in [-0.25, -0.2) is 4.98 Å². The van der Waals surface area contributed by atoms with Crippen LogP contribution in [0.4, 0.5) is 13.2 Å². The van der Waals surface area contributed by atoms with Crippen molar-refractivity contribution in [2.75, 3.05) is 26.8 Å². The minimum absolute atomic E-state index is 0.0865. The van der Waals surface area contributed by atoms with Crippen LogP contribution in [0.2, 0.25) is 0 Å². The number of nitrogens with zero attached hydrogens (tertiary/aromatic N) is 2. The lowest BCUT2D eigenvalue weighted by Crippen LogP contribution is -2.49. The van der Waals surface area contributed by atoms with Gasteiger partial charge in [-0.15, -0.1) is 11.3 Å². The maximum absolute atomic E-state index is 14.2. The molecule has 2 aliphatic rings. The normalized spacial score (nSPS) is 16.3. The van der Waals surface area contributed by atoms with Gasteiger partial charge in [0.1, 0.15) is 22.2 Å². The van der Waals surface area contributed by atoms with Crippen LogP contribution in [0.1, 0.15) is 51.2 Å². The fourth-order valence-electron chi connectivity index (χ4n) is 5.73. The molecule has 4 aromatic rings. The summed E-state index contributed by atoms with van der Waals surface area (Å²) < 4.78 is 51.9. The van der Waals surface area contributed by atoms with Crippen molar-refractivity contribution in [3.63, 3.8) is 0 Å². The third-order valence-electron chi connectivity index (χ3n) is 7.97. The molecule has 44 heavy (non-hydrogen) atoms. The minimum Gasteiger partial charge on any atom is -0.497 e. The Kier molecular flexibility index (Phi) is 8.31. The quantitative estimate of drug-likeness (QED) is 0.244. The average molecular weight is 622 g/mol. The molecule has 0 bridgehead atoms. The second-order valence-corrected chi connectivity index (χ2v) is 11.7. The van der Waals surface area contributed by atoms with Gasteiger partial charge in [-0.05, 0) is 61.2 Å². The van der Waals surface area contributed by atoms with Gasteiger partial charge in [0.05, 0.1) is 24.2 Å². The number of amides is 2. The smallest absolute Gasteiger partial charge is 0.416 e. The number of ether oxygens (including phenoxy) is 2. The van der Waals surface area contributed by atoms with E-state index in [1.54, 1.807) is 41.3 Å². The number of aromatic nitrogens is 1. The first-order valence-corrected chi connectivity index (χ1v) is 15.2. The Morgan fingerprint density at radius 3 is 2.68 bits per heavy atom. The summed E-state index contributed by atoms with van der Waals surface area (Å²) in [6.07, 6.45) is -1.56. The first kappa shape index (κ1) is 29.7. The maximum Gasteiger partial charge on any atom is 0.416 e. The number of rotatable bonds is 7. The van der Waals surface area contributed by atoms with Gasteiger partial charge in [0.2, 0.25) is 0 Å². The van der Waals surface area contributed by atoms with Crippen LogP contribution in [0, 0.1) is 0 Å². The molecule has 1 saturated heterocycles. The zero-order chi connectivity index (χ0) is 30.8. The fourth-order valence-corrected chi connectivity index (χ4v) is 6.78. The maximum atomic E-state index is 14.2. The van der Waals surface area contributed by atoms with E-state index in [4.69, 9.17) is 14.5 Å². The molecule has 228 valence electrons. The number of hydrogen-bond acceptors (Lipinski definition) is 6. The molecule has 2 amide bonds. The van der Waals surface area contributed by atoms with Crippen molar-refractivity contribution in [2.45, 2.75) is 37.9 Å². The highest BCUT2D eigenvalue weighted by atomic mass is 32.1. The zero-order valence-electron chi connectivity index (χ0n) is 23.9. The number of nitrogens with one attached hydrogen (secondary N) is 1. The van der Waals surface area contributed by atoms with Crippen molar-refractivity contribution in [1.29, 1.82) is 0 Å². The SMILES string of the molecule is COc1cccc(-c2nc(C(=O)N3CCCC[C@H]3CNC(=O)c3cccc4c3CCO4)c(-c3cccc(C(F)(F)F)c3)s2)c1. The van der Waals surface area contributed by atoms with Crippen molar-refractivity contribution in [1.82, 2.24) is 15.2 Å². The standard InChI is InChI=1S/C33H30F3N3O4S/c1-42-24-11-5-8-21(18-24)31-38-28(29(44-31)20-7-4-9-22(17-20)33(34,35)36)32(41)39-15-3-2-10-23(39)19-37-30(40)26-12-6-13-27-25(26)14-16-43-27/h4-9,11-13,17-18,23H,2-3,10,14-16,19H2,1H3,(H,37,40)/t23-/m0/s1. The molecule has 0 aliphatic carbocycles. The molecule has 0 unspecified atom stereocenters. The minimum atomic E-state index is -4.54. The van der Waals surface area contributed by atoms with Gasteiger partial charge in [-0.2, -0.15) is 13.2 Å². The van der Waals surface area contributed by atoms with Crippen molar-refractivity contribution in [3.05, 3.63) is 89.1 Å². The zero-order valence-corrected chi connectivity index (χ0v) is 24.8. The third kappa shape index (κ3) is 6.01. The van der Waals surface area contributed by atoms with E-state index in [-0.39, 0.29) is 35.7 Å². The summed E-state index contributed by atoms with van der Waals surface area (Å²) in [5.41, 5.74) is 1.66. The molecule has 7 nitrogen and oxygen atoms in total. The Hall–Kier alpha value is -4.38. The van der Waals surface area contributed by atoms with Crippen LogP contribution >= 0.6 is 11.3 Å². The number of likely N-dealkylation sites (tertiary alicyclic amines) is 1. The molecule has 1 aromatic heterocycles. The fraction of sp³-hybridized carbons (Fsp3) is 0.303. The van der Waals surface area contributed by atoms with Crippen LogP contribution in [-0.2, 0) is 12.6 Å². The Bertz CT molecular complexity index is 1700. The third-order valence-corrected chi connectivity index (χ3v) is 9.13. The molecule has 0 spiro atoms. The van der Waals surface area contributed by atoms with Crippen molar-refractivity contribution in [3.8, 4) is 32.5 Å². The summed E-state index contributed by atoms with van der Waals surface area (Å²) >= 11 is 1.16. The monoisotopic (exact) mass is 621 g/mol. The Labute approximate surface area is 256 Å². The molecular formula is C33H30F3N3O4S. The molecular weight excluding hydrogens is 591 g/mol. The lowest BCUT2D eigenvalue weighted by molar-refractivity contribution is -0.137. The number of alkyl halides is 3. The molecule has 3 aromatic carbocycles. The second-order valence-electron chi connectivity index (χ2n) is 10.7. The second kappa shape index (κ2) is 12.3. The Morgan fingerprint density at radius 2 is 1.86 bits per heavy atom. The number of thiazole rings is 1. The van der Waals surface area contributed by atoms with Gasteiger partial charge in [0, 0.05) is 42.2 Å². The number of methoxy groups -OCH3 is 1. The molecule has 1 N–H and O–H groups in total. The summed E-state index contributed by atoms with van der Waals surface area (Å²) in [4.78, 5) is 34.1. The number of fused-ring (bicyclic) bond motifs is 1. The number of piperidine rings is 1. The van der Waals surface area contributed by atoms with Crippen LogP contribution in [0.25, 0.3) is 21.0 Å². The van der Waals surface area contributed by atoms with Gasteiger partial charge in [-0.1, -0.05) is 30.3 Å². The molecule has 11 heteroatoms. The molecule has 6 rings (SSSR count). The largest absolute Gasteiger partial charge is 0.497 e. The van der Waals surface area contributed by atoms with Crippen LogP contribution in [0.3, 0.4) is 0 Å². The van der Waals surface area contributed by atoms with Crippen molar-refractivity contribution in [2.24, 2.45) is 0 Å². The van der Waals surface area contributed by atoms with E-state index in [1.807, 2.05) is 12.1 Å². The van der Waals surface area contributed by atoms with Gasteiger partial charge < -0.3 is 19.7 Å². The van der Waals surface area contributed by atoms with Crippen LogP contribution in [0.15, 0.2) is 66.7 Å². The molecule has 1 fully saturated rings. The van der Waals surface area contributed by atoms with Gasteiger partial charge in [0.15, 0.2) is 0 Å². The topological polar surface area (TPSA) is 80.8 Å². The van der Waals surface area contributed by atoms with E-state index in [0.29, 0.717) is 58.5 Å². The van der Waals surface area contributed by atoms with Crippen LogP contribution in [-0.4, -0.2) is 54.5 Å². The number of halogens is 3. The van der Waals surface area contributed by atoms with E-state index >= 15 is 0 Å². The van der Waals surface area contributed by atoms with E-state index in [1.165, 1.54) is 13.2 Å². The van der Waals surface area contributed by atoms with E-state index in [9.17, 15) is 22.8 Å². The lowest BCUT2D eigenvalue weighted by Gasteiger charge is -2.35. The van der Waals surface area contributed by atoms with Crippen molar-refractivity contribution < 1.29 is 32.2 Å². The molecule has 0 saturated carbocycles. The highest BCUT2D eigenvalue weighted by Crippen LogP contribution is 2.40. The van der Waals surface area contributed by atoms with Gasteiger partial charge in [0.25, 0.3) is 11.8 Å². The van der Waals surface area contributed by atoms with Crippen LogP contribution in [0.5, 0.6) is 11.5 Å². The van der Waals surface area contributed by atoms with E-state index < -0.39 is 11.7 Å². The van der Waals surface area contributed by atoms with Crippen molar-refractivity contribution >= 4 is 23.2 Å². The molecule has 1 atom stereocenters. The number of hydrogen-bond donors (Lipinski definition) is 1. The van der Waals surface area contributed by atoms with E-state index in [0.717, 1.165) is 41.9 Å². The van der Waals surface area contributed by atoms with E-state index in [2.05, 4.69) is 5.32 Å². The Balaban J connectivity index is 1.31.